The molecular formula is C20H18FN3O3. The van der Waals surface area contributed by atoms with E-state index in [9.17, 15) is 9.18 Å². The molecular weight excluding hydrogens is 349 g/mol. The summed E-state index contributed by atoms with van der Waals surface area (Å²) in [5.74, 6) is 0.910. The number of nitrogens with zero attached hydrogens (tertiary/aromatic N) is 3. The third kappa shape index (κ3) is 3.28. The highest BCUT2D eigenvalue weighted by molar-refractivity contribution is 5.96. The number of ether oxygens (including phenoxy) is 1. The second kappa shape index (κ2) is 6.83. The van der Waals surface area contributed by atoms with Crippen molar-refractivity contribution in [3.05, 3.63) is 59.7 Å². The maximum absolute atomic E-state index is 13.8. The maximum Gasteiger partial charge on any atom is 0.258 e. The molecule has 0 saturated carbocycles. The number of carbonyl (C=O) groups is 1. The van der Waals surface area contributed by atoms with Crippen LogP contribution in [0, 0.1) is 12.7 Å². The van der Waals surface area contributed by atoms with Gasteiger partial charge in [0.05, 0.1) is 7.11 Å². The predicted octanol–water partition coefficient (Wildman–Crippen LogP) is 3.71. The van der Waals surface area contributed by atoms with Gasteiger partial charge in [0.15, 0.2) is 5.82 Å². The van der Waals surface area contributed by atoms with Gasteiger partial charge in [0, 0.05) is 30.1 Å². The molecule has 7 heteroatoms. The van der Waals surface area contributed by atoms with Crippen molar-refractivity contribution in [3.63, 3.8) is 0 Å². The Bertz CT molecular complexity index is 1000. The molecule has 0 radical (unpaired) electrons. The summed E-state index contributed by atoms with van der Waals surface area (Å²) in [6.45, 7) is 2.07. The van der Waals surface area contributed by atoms with Crippen LogP contribution in [0.15, 0.2) is 47.0 Å². The van der Waals surface area contributed by atoms with Crippen LogP contribution in [-0.2, 0) is 4.79 Å². The normalized spacial score (nSPS) is 16.8. The van der Waals surface area contributed by atoms with Crippen molar-refractivity contribution in [1.82, 2.24) is 10.1 Å². The van der Waals surface area contributed by atoms with E-state index in [2.05, 4.69) is 10.1 Å². The van der Waals surface area contributed by atoms with Crippen LogP contribution < -0.4 is 9.64 Å². The number of benzene rings is 2. The molecule has 1 fully saturated rings. The Labute approximate surface area is 155 Å². The molecule has 27 heavy (non-hydrogen) atoms. The van der Waals surface area contributed by atoms with Gasteiger partial charge in [-0.3, -0.25) is 4.79 Å². The molecule has 1 aliphatic rings. The molecule has 2 aromatic carbocycles. The van der Waals surface area contributed by atoms with Crippen molar-refractivity contribution in [1.29, 1.82) is 0 Å². The van der Waals surface area contributed by atoms with Crippen molar-refractivity contribution in [3.8, 4) is 17.2 Å². The van der Waals surface area contributed by atoms with Gasteiger partial charge in [0.25, 0.3) is 5.89 Å². The molecule has 1 unspecified atom stereocenters. The number of methoxy groups -OCH3 is 1. The van der Waals surface area contributed by atoms with Crippen LogP contribution in [0.4, 0.5) is 10.1 Å². The van der Waals surface area contributed by atoms with Gasteiger partial charge in [-0.05, 0) is 42.8 Å². The molecule has 0 aliphatic carbocycles. The number of amides is 1. The van der Waals surface area contributed by atoms with E-state index >= 15 is 0 Å². The lowest BCUT2D eigenvalue weighted by Crippen LogP contribution is -2.24. The Morgan fingerprint density at radius 1 is 1.26 bits per heavy atom. The van der Waals surface area contributed by atoms with E-state index in [1.54, 1.807) is 37.1 Å². The smallest absolute Gasteiger partial charge is 0.258 e. The monoisotopic (exact) mass is 367 g/mol. The van der Waals surface area contributed by atoms with Gasteiger partial charge >= 0.3 is 0 Å². The van der Waals surface area contributed by atoms with Gasteiger partial charge in [-0.25, -0.2) is 4.39 Å². The van der Waals surface area contributed by atoms with Gasteiger partial charge in [-0.1, -0.05) is 17.3 Å². The zero-order valence-electron chi connectivity index (χ0n) is 15.0. The van der Waals surface area contributed by atoms with Crippen LogP contribution in [0.3, 0.4) is 0 Å². The number of anilines is 1. The second-order valence-corrected chi connectivity index (χ2v) is 6.53. The fraction of sp³-hybridized carbons (Fsp3) is 0.250. The van der Waals surface area contributed by atoms with E-state index < -0.39 is 0 Å². The number of aromatic nitrogens is 2. The van der Waals surface area contributed by atoms with Crippen LogP contribution in [0.2, 0.25) is 0 Å². The van der Waals surface area contributed by atoms with E-state index in [4.69, 9.17) is 9.26 Å². The predicted molar refractivity (Wildman–Crippen MR) is 97.1 cm³/mol. The molecule has 4 rings (SSSR count). The van der Waals surface area contributed by atoms with Gasteiger partial charge in [0.1, 0.15) is 11.6 Å². The highest BCUT2D eigenvalue weighted by Gasteiger charge is 2.34. The summed E-state index contributed by atoms with van der Waals surface area (Å²) in [6, 6.07) is 12.1. The van der Waals surface area contributed by atoms with E-state index in [0.29, 0.717) is 35.3 Å². The van der Waals surface area contributed by atoms with E-state index in [0.717, 1.165) is 5.56 Å². The lowest BCUT2D eigenvalue weighted by Gasteiger charge is -2.16. The first kappa shape index (κ1) is 17.2. The number of rotatable bonds is 4. The largest absolute Gasteiger partial charge is 0.497 e. The quantitative estimate of drug-likeness (QED) is 0.703. The summed E-state index contributed by atoms with van der Waals surface area (Å²) in [4.78, 5) is 18.4. The zero-order valence-corrected chi connectivity index (χ0v) is 15.0. The highest BCUT2D eigenvalue weighted by Crippen LogP contribution is 2.32. The molecule has 1 aliphatic heterocycles. The van der Waals surface area contributed by atoms with Crippen molar-refractivity contribution >= 4 is 11.6 Å². The summed E-state index contributed by atoms with van der Waals surface area (Å²) in [5, 5.41) is 4.04. The first-order valence-electron chi connectivity index (χ1n) is 8.59. The van der Waals surface area contributed by atoms with Gasteiger partial charge < -0.3 is 14.2 Å². The SMILES string of the molecule is COc1cccc(-c2nc(C3CC(=O)N(c4ccc(C)c(F)c4)C3)no2)c1. The van der Waals surface area contributed by atoms with Gasteiger partial charge in [0.2, 0.25) is 5.91 Å². The Balaban J connectivity index is 1.55. The molecule has 1 atom stereocenters. The van der Waals surface area contributed by atoms with Crippen molar-refractivity contribution in [2.75, 3.05) is 18.6 Å². The average Bonchev–Trinajstić information content (AvgIpc) is 3.31. The van der Waals surface area contributed by atoms with Crippen LogP contribution in [0.5, 0.6) is 5.75 Å². The summed E-state index contributed by atoms with van der Waals surface area (Å²) in [6.07, 6.45) is 0.257. The highest BCUT2D eigenvalue weighted by atomic mass is 19.1. The molecule has 138 valence electrons. The van der Waals surface area contributed by atoms with Gasteiger partial charge in [-0.2, -0.15) is 4.98 Å². The average molecular weight is 367 g/mol. The molecule has 0 N–H and O–H groups in total. The minimum atomic E-state index is -0.330. The number of hydrogen-bond acceptors (Lipinski definition) is 5. The molecule has 0 bridgehead atoms. The molecule has 1 amide bonds. The summed E-state index contributed by atoms with van der Waals surface area (Å²) >= 11 is 0. The summed E-state index contributed by atoms with van der Waals surface area (Å²) < 4.78 is 24.4. The Morgan fingerprint density at radius 3 is 2.89 bits per heavy atom. The lowest BCUT2D eigenvalue weighted by atomic mass is 10.1. The minimum absolute atomic E-state index is 0.0871. The lowest BCUT2D eigenvalue weighted by molar-refractivity contribution is -0.117. The third-order valence-corrected chi connectivity index (χ3v) is 4.72. The molecule has 3 aromatic rings. The molecule has 1 aromatic heterocycles. The van der Waals surface area contributed by atoms with Gasteiger partial charge in [-0.15, -0.1) is 0 Å². The number of carbonyl (C=O) groups excluding carboxylic acids is 1. The van der Waals surface area contributed by atoms with Crippen molar-refractivity contribution < 1.29 is 18.4 Å². The first-order valence-corrected chi connectivity index (χ1v) is 8.59. The summed E-state index contributed by atoms with van der Waals surface area (Å²) in [5.41, 5.74) is 1.83. The molecule has 0 spiro atoms. The van der Waals surface area contributed by atoms with Crippen molar-refractivity contribution in [2.24, 2.45) is 0 Å². The maximum atomic E-state index is 13.8. The fourth-order valence-corrected chi connectivity index (χ4v) is 3.15. The third-order valence-electron chi connectivity index (χ3n) is 4.72. The zero-order chi connectivity index (χ0) is 19.0. The van der Waals surface area contributed by atoms with Crippen LogP contribution in [0.1, 0.15) is 23.7 Å². The van der Waals surface area contributed by atoms with E-state index in [-0.39, 0.29) is 24.1 Å². The molecule has 6 nitrogen and oxygen atoms in total. The number of aryl methyl sites for hydroxylation is 1. The van der Waals surface area contributed by atoms with Crippen LogP contribution in [0.25, 0.3) is 11.5 Å². The molecule has 1 saturated heterocycles. The number of halogens is 1. The second-order valence-electron chi connectivity index (χ2n) is 6.53. The Kier molecular flexibility index (Phi) is 4.35. The van der Waals surface area contributed by atoms with Crippen LogP contribution in [-0.4, -0.2) is 29.7 Å². The first-order chi connectivity index (χ1) is 13.0. The topological polar surface area (TPSA) is 68.5 Å². The van der Waals surface area contributed by atoms with E-state index in [1.165, 1.54) is 6.07 Å². The minimum Gasteiger partial charge on any atom is -0.497 e. The van der Waals surface area contributed by atoms with Crippen LogP contribution >= 0.6 is 0 Å². The molecule has 2 heterocycles. The Hall–Kier alpha value is -3.22. The van der Waals surface area contributed by atoms with Crippen molar-refractivity contribution in [2.45, 2.75) is 19.3 Å². The van der Waals surface area contributed by atoms with E-state index in [1.807, 2.05) is 18.2 Å². The fourth-order valence-electron chi connectivity index (χ4n) is 3.15. The Morgan fingerprint density at radius 2 is 2.11 bits per heavy atom. The standard InChI is InChI=1S/C20H18FN3O3/c1-12-6-7-15(10-17(12)21)24-11-14(9-18(24)25)19-22-20(27-23-19)13-4-3-5-16(8-13)26-2/h3-8,10,14H,9,11H2,1-2H3. The number of hydrogen-bond donors (Lipinski definition) is 0. The summed E-state index contributed by atoms with van der Waals surface area (Å²) in [7, 11) is 1.59.